The highest BCUT2D eigenvalue weighted by atomic mass is 35.5. The van der Waals surface area contributed by atoms with E-state index in [1.807, 2.05) is 0 Å². The molecule has 20 heavy (non-hydrogen) atoms. The minimum Gasteiger partial charge on any atom is -0.467 e. The van der Waals surface area contributed by atoms with Crippen molar-refractivity contribution in [1.29, 1.82) is 0 Å². The summed E-state index contributed by atoms with van der Waals surface area (Å²) in [4.78, 5) is 15.7. The molecule has 2 rings (SSSR count). The molecule has 0 radical (unpaired) electrons. The molecule has 5 nitrogen and oxygen atoms in total. The van der Waals surface area contributed by atoms with Crippen LogP contribution in [0.15, 0.2) is 47.2 Å². The van der Waals surface area contributed by atoms with E-state index < -0.39 is 6.04 Å². The van der Waals surface area contributed by atoms with Crippen molar-refractivity contribution < 1.29 is 14.3 Å². The van der Waals surface area contributed by atoms with Crippen LogP contribution in [-0.4, -0.2) is 22.6 Å². The lowest BCUT2D eigenvalue weighted by atomic mass is 10.2. The molecule has 1 atom stereocenters. The molecular weight excluding hydrogens is 280 g/mol. The van der Waals surface area contributed by atoms with E-state index in [9.17, 15) is 9.90 Å². The second-order valence-electron chi connectivity index (χ2n) is 4.01. The number of furan rings is 1. The summed E-state index contributed by atoms with van der Waals surface area (Å²) in [6.07, 6.45) is 6.01. The second kappa shape index (κ2) is 6.88. The number of aromatic nitrogens is 1. The van der Waals surface area contributed by atoms with E-state index in [-0.39, 0.29) is 12.5 Å². The highest BCUT2D eigenvalue weighted by Crippen LogP contribution is 2.12. The van der Waals surface area contributed by atoms with Crippen LogP contribution in [-0.2, 0) is 4.79 Å². The molecule has 0 aliphatic rings. The molecule has 0 aliphatic carbocycles. The number of carbonyl (C=O) groups is 1. The van der Waals surface area contributed by atoms with Crippen molar-refractivity contribution in [3.63, 3.8) is 0 Å². The van der Waals surface area contributed by atoms with E-state index in [4.69, 9.17) is 16.0 Å². The zero-order chi connectivity index (χ0) is 14.4. The van der Waals surface area contributed by atoms with Crippen molar-refractivity contribution in [3.05, 3.63) is 59.3 Å². The van der Waals surface area contributed by atoms with Gasteiger partial charge in [0.25, 0.3) is 0 Å². The summed E-state index contributed by atoms with van der Waals surface area (Å²) in [5.74, 6) is 0.165. The predicted octanol–water partition coefficient (Wildman–Crippen LogP) is 2.19. The fraction of sp³-hybridized carbons (Fsp3) is 0.143. The van der Waals surface area contributed by atoms with Gasteiger partial charge in [0.2, 0.25) is 5.91 Å². The van der Waals surface area contributed by atoms with Gasteiger partial charge in [0.15, 0.2) is 0 Å². The number of hydrogen-bond acceptors (Lipinski definition) is 4. The third kappa shape index (κ3) is 3.94. The summed E-state index contributed by atoms with van der Waals surface area (Å²) >= 11 is 5.67. The Hall–Kier alpha value is -2.11. The highest BCUT2D eigenvalue weighted by molar-refractivity contribution is 6.29. The van der Waals surface area contributed by atoms with Gasteiger partial charge in [-0.05, 0) is 29.8 Å². The van der Waals surface area contributed by atoms with Crippen LogP contribution < -0.4 is 5.32 Å². The van der Waals surface area contributed by atoms with Gasteiger partial charge in [-0.3, -0.25) is 4.79 Å². The van der Waals surface area contributed by atoms with Gasteiger partial charge in [-0.25, -0.2) is 4.98 Å². The van der Waals surface area contributed by atoms with E-state index in [1.54, 1.807) is 36.5 Å². The van der Waals surface area contributed by atoms with E-state index in [1.165, 1.54) is 12.3 Å². The van der Waals surface area contributed by atoms with Gasteiger partial charge in [0, 0.05) is 12.3 Å². The van der Waals surface area contributed by atoms with E-state index in [0.717, 1.165) is 5.56 Å². The van der Waals surface area contributed by atoms with Crippen LogP contribution in [0.2, 0.25) is 5.15 Å². The van der Waals surface area contributed by atoms with Crippen molar-refractivity contribution in [2.24, 2.45) is 0 Å². The van der Waals surface area contributed by atoms with Gasteiger partial charge in [0.1, 0.15) is 17.0 Å². The van der Waals surface area contributed by atoms with Crippen molar-refractivity contribution in [1.82, 2.24) is 10.3 Å². The van der Waals surface area contributed by atoms with Gasteiger partial charge in [-0.1, -0.05) is 17.7 Å². The lowest BCUT2D eigenvalue weighted by Crippen LogP contribution is -2.28. The van der Waals surface area contributed by atoms with E-state index in [2.05, 4.69) is 10.3 Å². The van der Waals surface area contributed by atoms with Gasteiger partial charge >= 0.3 is 0 Å². The number of nitrogens with zero attached hydrogens (tertiary/aromatic N) is 1. The van der Waals surface area contributed by atoms with Gasteiger partial charge in [-0.2, -0.15) is 0 Å². The van der Waals surface area contributed by atoms with Crippen LogP contribution in [0, 0.1) is 0 Å². The number of nitrogens with one attached hydrogen (secondary N) is 1. The van der Waals surface area contributed by atoms with Crippen molar-refractivity contribution in [2.75, 3.05) is 6.61 Å². The zero-order valence-electron chi connectivity index (χ0n) is 10.5. The Balaban J connectivity index is 1.96. The first-order chi connectivity index (χ1) is 9.69. The van der Waals surface area contributed by atoms with Crippen LogP contribution in [0.1, 0.15) is 17.4 Å². The third-order valence-corrected chi connectivity index (χ3v) is 2.79. The van der Waals surface area contributed by atoms with Crippen molar-refractivity contribution in [3.8, 4) is 0 Å². The summed E-state index contributed by atoms with van der Waals surface area (Å²) in [6.45, 7) is -0.240. The number of aliphatic hydroxyl groups is 1. The fourth-order valence-corrected chi connectivity index (χ4v) is 1.69. The highest BCUT2D eigenvalue weighted by Gasteiger charge is 2.14. The first-order valence-electron chi connectivity index (χ1n) is 5.93. The molecule has 6 heteroatoms. The molecule has 1 amide bonds. The summed E-state index contributed by atoms with van der Waals surface area (Å²) in [7, 11) is 0. The molecule has 0 aliphatic heterocycles. The lowest BCUT2D eigenvalue weighted by molar-refractivity contribution is -0.117. The van der Waals surface area contributed by atoms with Crippen LogP contribution in [0.3, 0.4) is 0 Å². The topological polar surface area (TPSA) is 75.4 Å². The van der Waals surface area contributed by atoms with Gasteiger partial charge in [0.05, 0.1) is 12.9 Å². The summed E-state index contributed by atoms with van der Waals surface area (Å²) < 4.78 is 5.14. The van der Waals surface area contributed by atoms with Gasteiger partial charge in [-0.15, -0.1) is 0 Å². The molecule has 2 heterocycles. The Morgan fingerprint density at radius 1 is 1.50 bits per heavy atom. The molecule has 2 aromatic rings. The molecule has 2 N–H and O–H groups in total. The van der Waals surface area contributed by atoms with Crippen LogP contribution >= 0.6 is 11.6 Å². The summed E-state index contributed by atoms with van der Waals surface area (Å²) in [6, 6.07) is 6.20. The molecule has 0 aromatic carbocycles. The zero-order valence-corrected chi connectivity index (χ0v) is 11.2. The quantitative estimate of drug-likeness (QED) is 0.654. The molecular formula is C14H13ClN2O3. The Morgan fingerprint density at radius 3 is 2.95 bits per heavy atom. The number of halogens is 1. The largest absolute Gasteiger partial charge is 0.467 e. The van der Waals surface area contributed by atoms with Crippen molar-refractivity contribution in [2.45, 2.75) is 6.04 Å². The van der Waals surface area contributed by atoms with E-state index >= 15 is 0 Å². The lowest BCUT2D eigenvalue weighted by Gasteiger charge is -2.11. The molecule has 0 spiro atoms. The molecule has 0 fully saturated rings. The number of hydrogen-bond donors (Lipinski definition) is 2. The normalized spacial score (nSPS) is 12.5. The average molecular weight is 293 g/mol. The summed E-state index contributed by atoms with van der Waals surface area (Å²) in [5.41, 5.74) is 0.753. The molecule has 0 saturated carbocycles. The van der Waals surface area contributed by atoms with Gasteiger partial charge < -0.3 is 14.8 Å². The van der Waals surface area contributed by atoms with Crippen molar-refractivity contribution >= 4 is 23.6 Å². The SMILES string of the molecule is O=C(/C=C/c1ccc(Cl)nc1)NC(CO)c1ccco1. The number of amides is 1. The Labute approximate surface area is 120 Å². The molecule has 2 aromatic heterocycles. The average Bonchev–Trinajstić information content (AvgIpc) is 2.98. The Bertz CT molecular complexity index is 579. The van der Waals surface area contributed by atoms with E-state index in [0.29, 0.717) is 10.9 Å². The smallest absolute Gasteiger partial charge is 0.244 e. The van der Waals surface area contributed by atoms with Crippen LogP contribution in [0.5, 0.6) is 0 Å². The summed E-state index contributed by atoms with van der Waals surface area (Å²) in [5, 5.41) is 12.3. The first kappa shape index (κ1) is 14.3. The third-order valence-electron chi connectivity index (χ3n) is 2.56. The molecule has 1 unspecified atom stereocenters. The van der Waals surface area contributed by atoms with Crippen LogP contribution in [0.25, 0.3) is 6.08 Å². The Kier molecular flexibility index (Phi) is 4.92. The second-order valence-corrected chi connectivity index (χ2v) is 4.39. The fourth-order valence-electron chi connectivity index (χ4n) is 1.57. The van der Waals surface area contributed by atoms with Crippen LogP contribution in [0.4, 0.5) is 0 Å². The maximum Gasteiger partial charge on any atom is 0.244 e. The maximum atomic E-state index is 11.8. The predicted molar refractivity (Wildman–Crippen MR) is 75.0 cm³/mol. The minimum atomic E-state index is -0.564. The number of carbonyl (C=O) groups excluding carboxylic acids is 1. The Morgan fingerprint density at radius 2 is 2.35 bits per heavy atom. The molecule has 0 saturated heterocycles. The number of rotatable bonds is 5. The number of aliphatic hydroxyl groups excluding tert-OH is 1. The maximum absolute atomic E-state index is 11.8. The standard InChI is InChI=1S/C14H13ClN2O3/c15-13-5-3-10(8-16-13)4-6-14(19)17-11(9-18)12-2-1-7-20-12/h1-8,11,18H,9H2,(H,17,19)/b6-4+. The molecule has 0 bridgehead atoms. The minimum absolute atomic E-state index is 0.240. The molecule has 104 valence electrons. The number of pyridine rings is 1. The monoisotopic (exact) mass is 292 g/mol. The first-order valence-corrected chi connectivity index (χ1v) is 6.31.